The molecule has 1 aliphatic heterocycles. The first kappa shape index (κ1) is 12.4. The van der Waals surface area contributed by atoms with Crippen LogP contribution in [0.3, 0.4) is 0 Å². The number of rotatable bonds is 2. The third kappa shape index (κ3) is 2.17. The molecular formula is C13H18N4O2. The molecule has 3 heterocycles. The van der Waals surface area contributed by atoms with Crippen LogP contribution in [0.15, 0.2) is 12.5 Å². The zero-order chi connectivity index (χ0) is 13.2. The Morgan fingerprint density at radius 3 is 3.16 bits per heavy atom. The minimum absolute atomic E-state index is 0.269. The van der Waals surface area contributed by atoms with E-state index in [9.17, 15) is 0 Å². The van der Waals surface area contributed by atoms with Crippen molar-refractivity contribution in [2.45, 2.75) is 12.5 Å². The summed E-state index contributed by atoms with van der Waals surface area (Å²) in [5.74, 6) is 0.614. The Bertz CT molecular complexity index is 573. The minimum atomic E-state index is 0.269. The van der Waals surface area contributed by atoms with Crippen molar-refractivity contribution in [1.82, 2.24) is 19.9 Å². The normalized spacial score (nSPS) is 20.4. The van der Waals surface area contributed by atoms with Crippen molar-refractivity contribution < 1.29 is 9.47 Å². The summed E-state index contributed by atoms with van der Waals surface area (Å²) >= 11 is 0. The highest BCUT2D eigenvalue weighted by Gasteiger charge is 2.21. The highest BCUT2D eigenvalue weighted by atomic mass is 16.5. The van der Waals surface area contributed by atoms with Gasteiger partial charge in [0.15, 0.2) is 0 Å². The van der Waals surface area contributed by atoms with Gasteiger partial charge in [-0.1, -0.05) is 0 Å². The van der Waals surface area contributed by atoms with E-state index in [0.29, 0.717) is 5.88 Å². The summed E-state index contributed by atoms with van der Waals surface area (Å²) in [4.78, 5) is 8.59. The maximum absolute atomic E-state index is 5.48. The van der Waals surface area contributed by atoms with Gasteiger partial charge in [0.1, 0.15) is 17.4 Å². The van der Waals surface area contributed by atoms with Crippen LogP contribution < -0.4 is 10.1 Å². The highest BCUT2D eigenvalue weighted by molar-refractivity contribution is 5.84. The Balaban J connectivity index is 2.08. The fraction of sp³-hybridized carbons (Fsp3) is 0.538. The number of nitrogens with zero attached hydrogens (tertiary/aromatic N) is 3. The average Bonchev–Trinajstić information content (AvgIpc) is 2.65. The van der Waals surface area contributed by atoms with Crippen LogP contribution in [-0.4, -0.2) is 41.4 Å². The second-order valence-electron chi connectivity index (χ2n) is 4.68. The molecule has 6 heteroatoms. The molecule has 0 saturated carbocycles. The van der Waals surface area contributed by atoms with Crippen LogP contribution in [0.4, 0.5) is 0 Å². The number of hydrogen-bond donors (Lipinski definition) is 1. The van der Waals surface area contributed by atoms with E-state index in [4.69, 9.17) is 9.47 Å². The van der Waals surface area contributed by atoms with Crippen molar-refractivity contribution in [3.8, 4) is 5.88 Å². The smallest absolute Gasteiger partial charge is 0.241 e. The van der Waals surface area contributed by atoms with E-state index in [0.717, 1.165) is 37.2 Å². The summed E-state index contributed by atoms with van der Waals surface area (Å²) < 4.78 is 12.8. The molecule has 0 bridgehead atoms. The number of nitrogens with one attached hydrogen (secondary N) is 1. The molecule has 0 spiro atoms. The standard InChI is InChI=1S/C13H18N4O2/c1-17-7-9(10-3-5-19-6-4-14-10)11-12(17)13(18-2)16-8-15-11/h7-8,10,14H,3-6H2,1-2H3. The number of fused-ring (bicyclic) bond motifs is 1. The van der Waals surface area contributed by atoms with Crippen molar-refractivity contribution in [3.63, 3.8) is 0 Å². The molecule has 0 amide bonds. The number of ether oxygens (including phenoxy) is 2. The Labute approximate surface area is 111 Å². The fourth-order valence-electron chi connectivity index (χ4n) is 2.61. The Morgan fingerprint density at radius 1 is 1.42 bits per heavy atom. The first-order valence-electron chi connectivity index (χ1n) is 6.46. The van der Waals surface area contributed by atoms with E-state index < -0.39 is 0 Å². The third-order valence-corrected chi connectivity index (χ3v) is 3.50. The lowest BCUT2D eigenvalue weighted by atomic mass is 10.1. The lowest BCUT2D eigenvalue weighted by Crippen LogP contribution is -2.22. The van der Waals surface area contributed by atoms with Crippen LogP contribution in [0.5, 0.6) is 5.88 Å². The summed E-state index contributed by atoms with van der Waals surface area (Å²) in [6.45, 7) is 2.40. The van der Waals surface area contributed by atoms with Gasteiger partial charge in [-0.3, -0.25) is 0 Å². The van der Waals surface area contributed by atoms with Crippen molar-refractivity contribution in [1.29, 1.82) is 0 Å². The second-order valence-corrected chi connectivity index (χ2v) is 4.68. The SMILES string of the molecule is COc1ncnc2c(C3CCOCCN3)cn(C)c12. The molecular weight excluding hydrogens is 244 g/mol. The van der Waals surface area contributed by atoms with Gasteiger partial charge >= 0.3 is 0 Å². The van der Waals surface area contributed by atoms with Gasteiger partial charge in [0.2, 0.25) is 5.88 Å². The van der Waals surface area contributed by atoms with Gasteiger partial charge in [-0.15, -0.1) is 0 Å². The lowest BCUT2D eigenvalue weighted by Gasteiger charge is -2.13. The van der Waals surface area contributed by atoms with E-state index in [-0.39, 0.29) is 6.04 Å². The molecule has 1 N–H and O–H groups in total. The van der Waals surface area contributed by atoms with Gasteiger partial charge in [-0.25, -0.2) is 4.98 Å². The Kier molecular flexibility index (Phi) is 3.35. The number of methoxy groups -OCH3 is 1. The van der Waals surface area contributed by atoms with Crippen molar-refractivity contribution >= 4 is 11.0 Å². The van der Waals surface area contributed by atoms with Gasteiger partial charge in [0, 0.05) is 38.0 Å². The van der Waals surface area contributed by atoms with Crippen molar-refractivity contribution in [2.75, 3.05) is 26.9 Å². The van der Waals surface area contributed by atoms with E-state index in [2.05, 4.69) is 21.5 Å². The molecule has 1 aliphatic rings. The van der Waals surface area contributed by atoms with Gasteiger partial charge in [0.25, 0.3) is 0 Å². The molecule has 19 heavy (non-hydrogen) atoms. The molecule has 2 aromatic rings. The zero-order valence-corrected chi connectivity index (χ0v) is 11.2. The summed E-state index contributed by atoms with van der Waals surface area (Å²) in [6.07, 6.45) is 4.61. The molecule has 0 aliphatic carbocycles. The van der Waals surface area contributed by atoms with E-state index >= 15 is 0 Å². The average molecular weight is 262 g/mol. The molecule has 1 unspecified atom stereocenters. The van der Waals surface area contributed by atoms with Crippen molar-refractivity contribution in [3.05, 3.63) is 18.1 Å². The van der Waals surface area contributed by atoms with E-state index in [1.165, 1.54) is 5.56 Å². The van der Waals surface area contributed by atoms with Crippen LogP contribution in [-0.2, 0) is 11.8 Å². The quantitative estimate of drug-likeness (QED) is 0.876. The van der Waals surface area contributed by atoms with E-state index in [1.54, 1.807) is 13.4 Å². The molecule has 3 rings (SSSR count). The second kappa shape index (κ2) is 5.14. The minimum Gasteiger partial charge on any atom is -0.479 e. The highest BCUT2D eigenvalue weighted by Crippen LogP contribution is 2.30. The molecule has 6 nitrogen and oxygen atoms in total. The van der Waals surface area contributed by atoms with Gasteiger partial charge in [0.05, 0.1) is 13.7 Å². The number of aryl methyl sites for hydroxylation is 1. The molecule has 0 radical (unpaired) electrons. The largest absolute Gasteiger partial charge is 0.479 e. The number of aromatic nitrogens is 3. The molecule has 102 valence electrons. The van der Waals surface area contributed by atoms with Crippen LogP contribution in [0.1, 0.15) is 18.0 Å². The van der Waals surface area contributed by atoms with Crippen LogP contribution in [0, 0.1) is 0 Å². The first-order chi connectivity index (χ1) is 9.31. The Morgan fingerprint density at radius 2 is 2.32 bits per heavy atom. The summed E-state index contributed by atoms with van der Waals surface area (Å²) in [5.41, 5.74) is 3.07. The maximum Gasteiger partial charge on any atom is 0.241 e. The topological polar surface area (TPSA) is 61.2 Å². The summed E-state index contributed by atoms with van der Waals surface area (Å²) in [7, 11) is 3.62. The van der Waals surface area contributed by atoms with Gasteiger partial charge < -0.3 is 19.4 Å². The maximum atomic E-state index is 5.48. The monoisotopic (exact) mass is 262 g/mol. The van der Waals surface area contributed by atoms with Gasteiger partial charge in [-0.2, -0.15) is 4.98 Å². The van der Waals surface area contributed by atoms with Crippen LogP contribution in [0.25, 0.3) is 11.0 Å². The molecule has 1 atom stereocenters. The predicted octanol–water partition coefficient (Wildman–Crippen LogP) is 1.03. The van der Waals surface area contributed by atoms with Crippen LogP contribution >= 0.6 is 0 Å². The summed E-state index contributed by atoms with van der Waals surface area (Å²) in [6, 6.07) is 0.269. The first-order valence-corrected chi connectivity index (χ1v) is 6.46. The summed E-state index contributed by atoms with van der Waals surface area (Å²) in [5, 5.41) is 3.50. The Hall–Kier alpha value is -1.66. The molecule has 1 fully saturated rings. The zero-order valence-electron chi connectivity index (χ0n) is 11.2. The van der Waals surface area contributed by atoms with Crippen molar-refractivity contribution in [2.24, 2.45) is 7.05 Å². The lowest BCUT2D eigenvalue weighted by molar-refractivity contribution is 0.150. The van der Waals surface area contributed by atoms with Crippen LogP contribution in [0.2, 0.25) is 0 Å². The molecule has 1 saturated heterocycles. The predicted molar refractivity (Wildman–Crippen MR) is 71.2 cm³/mol. The van der Waals surface area contributed by atoms with Gasteiger partial charge in [-0.05, 0) is 6.42 Å². The molecule has 0 aromatic carbocycles. The third-order valence-electron chi connectivity index (χ3n) is 3.50. The number of hydrogen-bond acceptors (Lipinski definition) is 5. The fourth-order valence-corrected chi connectivity index (χ4v) is 2.61. The van der Waals surface area contributed by atoms with E-state index in [1.807, 2.05) is 11.6 Å². The molecule has 2 aromatic heterocycles.